The molecule has 4 aromatic rings. The van der Waals surface area contributed by atoms with E-state index in [0.717, 1.165) is 25.9 Å². The van der Waals surface area contributed by atoms with Crippen LogP contribution < -0.4 is 5.43 Å². The zero-order valence-electron chi connectivity index (χ0n) is 18.1. The normalized spacial score (nSPS) is 15.2. The summed E-state index contributed by atoms with van der Waals surface area (Å²) in [5.74, 6) is 0.515. The maximum absolute atomic E-state index is 12.9. The van der Waals surface area contributed by atoms with E-state index >= 15 is 0 Å². The van der Waals surface area contributed by atoms with Gasteiger partial charge < -0.3 is 19.7 Å². The van der Waals surface area contributed by atoms with Gasteiger partial charge in [0.2, 0.25) is 0 Å². The zero-order chi connectivity index (χ0) is 22.9. The molecular weight excluding hydrogens is 418 g/mol. The standard InChI is InChI=1S/C27H25NO5/c29-20-8-6-19(7-9-20)25-15-24(32)26-23(31)14-22(30)21(27(26)33-25)16-28-12-10-18(11-13-28)17-4-2-1-3-5-17/h1-9,14-15,18,29-31H,10-13,16H2. The Hall–Kier alpha value is -3.77. The molecule has 168 valence electrons. The van der Waals surface area contributed by atoms with E-state index in [1.165, 1.54) is 29.8 Å². The topological polar surface area (TPSA) is 94.1 Å². The Balaban J connectivity index is 1.47. The van der Waals surface area contributed by atoms with Crippen molar-refractivity contribution in [3.63, 3.8) is 0 Å². The summed E-state index contributed by atoms with van der Waals surface area (Å²) in [5.41, 5.74) is 2.25. The summed E-state index contributed by atoms with van der Waals surface area (Å²) in [7, 11) is 0. The molecule has 0 aliphatic carbocycles. The third-order valence-electron chi connectivity index (χ3n) is 6.45. The Kier molecular flexibility index (Phi) is 5.52. The van der Waals surface area contributed by atoms with Gasteiger partial charge in [-0.25, -0.2) is 0 Å². The van der Waals surface area contributed by atoms with E-state index in [-0.39, 0.29) is 33.6 Å². The maximum Gasteiger partial charge on any atom is 0.197 e. The largest absolute Gasteiger partial charge is 0.508 e. The molecule has 5 rings (SSSR count). The highest BCUT2D eigenvalue weighted by molar-refractivity contribution is 5.89. The minimum atomic E-state index is -0.388. The first-order valence-corrected chi connectivity index (χ1v) is 11.1. The lowest BCUT2D eigenvalue weighted by Gasteiger charge is -2.32. The van der Waals surface area contributed by atoms with Crippen molar-refractivity contribution in [1.29, 1.82) is 0 Å². The molecule has 0 spiro atoms. The number of fused-ring (bicyclic) bond motifs is 1. The third kappa shape index (κ3) is 4.17. The summed E-state index contributed by atoms with van der Waals surface area (Å²) in [6.45, 7) is 2.11. The molecule has 6 heteroatoms. The molecule has 0 unspecified atom stereocenters. The Morgan fingerprint density at radius 3 is 2.27 bits per heavy atom. The van der Waals surface area contributed by atoms with Gasteiger partial charge in [0.05, 0.1) is 5.56 Å². The van der Waals surface area contributed by atoms with Crippen molar-refractivity contribution in [2.24, 2.45) is 0 Å². The van der Waals surface area contributed by atoms with E-state index in [1.54, 1.807) is 12.1 Å². The minimum Gasteiger partial charge on any atom is -0.508 e. The lowest BCUT2D eigenvalue weighted by Crippen LogP contribution is -2.32. The Morgan fingerprint density at radius 2 is 1.58 bits per heavy atom. The van der Waals surface area contributed by atoms with Crippen molar-refractivity contribution in [3.8, 4) is 28.6 Å². The highest BCUT2D eigenvalue weighted by Gasteiger charge is 2.24. The van der Waals surface area contributed by atoms with Crippen molar-refractivity contribution < 1.29 is 19.7 Å². The molecule has 1 saturated heterocycles. The van der Waals surface area contributed by atoms with E-state index in [1.807, 2.05) is 6.07 Å². The number of aromatic hydroxyl groups is 3. The van der Waals surface area contributed by atoms with Crippen LogP contribution in [0.25, 0.3) is 22.3 Å². The summed E-state index contributed by atoms with van der Waals surface area (Å²) in [4.78, 5) is 15.1. The van der Waals surface area contributed by atoms with Gasteiger partial charge in [0.1, 0.15) is 28.4 Å². The van der Waals surface area contributed by atoms with E-state index in [9.17, 15) is 20.1 Å². The highest BCUT2D eigenvalue weighted by Crippen LogP contribution is 2.37. The third-order valence-corrected chi connectivity index (χ3v) is 6.45. The molecule has 0 atom stereocenters. The molecule has 33 heavy (non-hydrogen) atoms. The second-order valence-electron chi connectivity index (χ2n) is 8.58. The summed E-state index contributed by atoms with van der Waals surface area (Å²) in [6, 6.07) is 19.3. The summed E-state index contributed by atoms with van der Waals surface area (Å²) >= 11 is 0. The smallest absolute Gasteiger partial charge is 0.197 e. The van der Waals surface area contributed by atoms with E-state index in [4.69, 9.17) is 4.42 Å². The van der Waals surface area contributed by atoms with Crippen LogP contribution in [0, 0.1) is 0 Å². The van der Waals surface area contributed by atoms with Crippen LogP contribution in [-0.2, 0) is 6.54 Å². The number of rotatable bonds is 4. The van der Waals surface area contributed by atoms with Crippen LogP contribution in [0.1, 0.15) is 29.9 Å². The maximum atomic E-state index is 12.9. The fourth-order valence-corrected chi connectivity index (χ4v) is 4.65. The van der Waals surface area contributed by atoms with Crippen LogP contribution in [0.15, 0.2) is 75.9 Å². The van der Waals surface area contributed by atoms with Crippen molar-refractivity contribution >= 4 is 11.0 Å². The molecule has 2 heterocycles. The van der Waals surface area contributed by atoms with E-state index < -0.39 is 0 Å². The average Bonchev–Trinajstić information content (AvgIpc) is 2.82. The van der Waals surface area contributed by atoms with Crippen LogP contribution in [0.4, 0.5) is 0 Å². The van der Waals surface area contributed by atoms with Crippen molar-refractivity contribution in [2.75, 3.05) is 13.1 Å². The van der Waals surface area contributed by atoms with Crippen LogP contribution in [0.2, 0.25) is 0 Å². The number of nitrogens with zero attached hydrogens (tertiary/aromatic N) is 1. The van der Waals surface area contributed by atoms with E-state index in [0.29, 0.717) is 29.3 Å². The number of hydrogen-bond donors (Lipinski definition) is 3. The molecule has 1 aliphatic heterocycles. The van der Waals surface area contributed by atoms with Gasteiger partial charge in [-0.05, 0) is 61.7 Å². The fourth-order valence-electron chi connectivity index (χ4n) is 4.65. The number of likely N-dealkylation sites (tertiary alicyclic amines) is 1. The summed E-state index contributed by atoms with van der Waals surface area (Å²) < 4.78 is 6.07. The van der Waals surface area contributed by atoms with Crippen LogP contribution in [-0.4, -0.2) is 33.3 Å². The van der Waals surface area contributed by atoms with Crippen LogP contribution in [0.5, 0.6) is 17.2 Å². The number of benzene rings is 3. The monoisotopic (exact) mass is 443 g/mol. The Labute approximate surface area is 191 Å². The van der Waals surface area contributed by atoms with Gasteiger partial charge in [-0.3, -0.25) is 9.69 Å². The highest BCUT2D eigenvalue weighted by atomic mass is 16.3. The van der Waals surface area contributed by atoms with Crippen molar-refractivity contribution in [3.05, 3.63) is 88.1 Å². The van der Waals surface area contributed by atoms with Gasteiger partial charge in [0.25, 0.3) is 0 Å². The molecule has 0 radical (unpaired) electrons. The first-order chi connectivity index (χ1) is 16.0. The van der Waals surface area contributed by atoms with E-state index in [2.05, 4.69) is 29.2 Å². The summed E-state index contributed by atoms with van der Waals surface area (Å²) in [6.07, 6.45) is 2.01. The van der Waals surface area contributed by atoms with Crippen LogP contribution in [0.3, 0.4) is 0 Å². The average molecular weight is 443 g/mol. The zero-order valence-corrected chi connectivity index (χ0v) is 18.1. The molecule has 1 aromatic heterocycles. The fraction of sp³-hybridized carbons (Fsp3) is 0.222. The molecule has 6 nitrogen and oxygen atoms in total. The van der Waals surface area contributed by atoms with Crippen molar-refractivity contribution in [1.82, 2.24) is 4.90 Å². The molecule has 3 aromatic carbocycles. The molecule has 0 saturated carbocycles. The second-order valence-corrected chi connectivity index (χ2v) is 8.58. The second kappa shape index (κ2) is 8.64. The van der Waals surface area contributed by atoms with Crippen LogP contribution >= 0.6 is 0 Å². The molecule has 1 aliphatic rings. The number of hydrogen-bond acceptors (Lipinski definition) is 6. The van der Waals surface area contributed by atoms with Gasteiger partial charge in [-0.1, -0.05) is 30.3 Å². The molecule has 0 amide bonds. The predicted octanol–water partition coefficient (Wildman–Crippen LogP) is 4.96. The van der Waals surface area contributed by atoms with Gasteiger partial charge in [0.15, 0.2) is 11.0 Å². The Bertz CT molecular complexity index is 1340. The summed E-state index contributed by atoms with van der Waals surface area (Å²) in [5, 5.41) is 30.6. The lowest BCUT2D eigenvalue weighted by atomic mass is 9.89. The Morgan fingerprint density at radius 1 is 0.879 bits per heavy atom. The number of phenolic OH excluding ortho intramolecular Hbond substituents is 3. The first kappa shape index (κ1) is 21.1. The predicted molar refractivity (Wildman–Crippen MR) is 127 cm³/mol. The van der Waals surface area contributed by atoms with Gasteiger partial charge in [-0.2, -0.15) is 0 Å². The van der Waals surface area contributed by atoms with Gasteiger partial charge >= 0.3 is 0 Å². The van der Waals surface area contributed by atoms with Crippen molar-refractivity contribution in [2.45, 2.75) is 25.3 Å². The lowest BCUT2D eigenvalue weighted by molar-refractivity contribution is 0.202. The molecule has 1 fully saturated rings. The minimum absolute atomic E-state index is 0.0597. The number of piperidine rings is 1. The van der Waals surface area contributed by atoms with Gasteiger partial charge in [0, 0.05) is 24.2 Å². The number of phenols is 3. The molecule has 0 bridgehead atoms. The molecular formula is C27H25NO5. The SMILES string of the molecule is O=c1cc(-c2ccc(O)cc2)oc2c(CN3CCC(c4ccccc4)CC3)c(O)cc(O)c12. The first-order valence-electron chi connectivity index (χ1n) is 11.1. The molecule has 3 N–H and O–H groups in total. The van der Waals surface area contributed by atoms with Gasteiger partial charge in [-0.15, -0.1) is 0 Å². The quantitative estimate of drug-likeness (QED) is 0.413.